The highest BCUT2D eigenvalue weighted by Crippen LogP contribution is 2.05. The summed E-state index contributed by atoms with van der Waals surface area (Å²) in [4.78, 5) is 15.5. The molecule has 2 heterocycles. The van der Waals surface area contributed by atoms with Crippen LogP contribution in [0.1, 0.15) is 0 Å². The van der Waals surface area contributed by atoms with Gasteiger partial charge in [-0.05, 0) is 0 Å². The first-order chi connectivity index (χ1) is 6.63. The highest BCUT2D eigenvalue weighted by atomic mass is 16.1. The fourth-order valence-electron chi connectivity index (χ4n) is 1.19. The van der Waals surface area contributed by atoms with Crippen LogP contribution in [-0.4, -0.2) is 19.4 Å². The molecule has 0 unspecified atom stereocenters. The highest BCUT2D eigenvalue weighted by molar-refractivity contribution is 5.74. The minimum Gasteiger partial charge on any atom is -0.333 e. The van der Waals surface area contributed by atoms with Crippen LogP contribution in [0.15, 0.2) is 11.0 Å². The molecule has 0 fully saturated rings. The Hall–Kier alpha value is -2.09. The molecule has 0 spiro atoms. The van der Waals surface area contributed by atoms with Crippen LogP contribution >= 0.6 is 0 Å². The van der Waals surface area contributed by atoms with Gasteiger partial charge in [-0.25, -0.2) is 5.84 Å². The summed E-state index contributed by atoms with van der Waals surface area (Å²) in [5, 5.41) is 4.32. The summed E-state index contributed by atoms with van der Waals surface area (Å²) >= 11 is 0. The quantitative estimate of drug-likeness (QED) is 0.362. The second-order valence-electron chi connectivity index (χ2n) is 2.79. The number of anilines is 1. The van der Waals surface area contributed by atoms with Crippen molar-refractivity contribution in [2.45, 2.75) is 0 Å². The van der Waals surface area contributed by atoms with Gasteiger partial charge in [0, 0.05) is 13.2 Å². The summed E-state index contributed by atoms with van der Waals surface area (Å²) in [7, 11) is 1.69. The Kier molecular flexibility index (Phi) is 1.64. The van der Waals surface area contributed by atoms with Gasteiger partial charge < -0.3 is 5.84 Å². The van der Waals surface area contributed by atoms with E-state index in [2.05, 4.69) is 15.5 Å². The average Bonchev–Trinajstić information content (AvgIpc) is 2.52. The molecule has 0 aromatic carbocycles. The van der Waals surface area contributed by atoms with Gasteiger partial charge in [-0.1, -0.05) is 0 Å². The SMILES string of the molecule is Cn1cc2c(=O)n(N)c(NN)nc2n1. The monoisotopic (exact) mass is 195 g/mol. The zero-order valence-corrected chi connectivity index (χ0v) is 7.43. The molecule has 2 aromatic rings. The van der Waals surface area contributed by atoms with Crippen molar-refractivity contribution in [2.24, 2.45) is 12.9 Å². The van der Waals surface area contributed by atoms with Crippen LogP contribution in [-0.2, 0) is 7.05 Å². The van der Waals surface area contributed by atoms with Crippen LogP contribution in [0.2, 0.25) is 0 Å². The zero-order chi connectivity index (χ0) is 10.3. The number of hydrogen-bond donors (Lipinski definition) is 3. The molecule has 2 rings (SSSR count). The van der Waals surface area contributed by atoms with Crippen molar-refractivity contribution in [3.05, 3.63) is 16.6 Å². The first-order valence-corrected chi connectivity index (χ1v) is 3.81. The first kappa shape index (κ1) is 8.51. The minimum atomic E-state index is -0.393. The molecule has 0 aliphatic carbocycles. The van der Waals surface area contributed by atoms with E-state index >= 15 is 0 Å². The lowest BCUT2D eigenvalue weighted by molar-refractivity contribution is 0.775. The molecule has 14 heavy (non-hydrogen) atoms. The predicted octanol–water partition coefficient (Wildman–Crippen LogP) is -1.87. The number of hydrogen-bond acceptors (Lipinski definition) is 6. The second kappa shape index (κ2) is 2.70. The Balaban J connectivity index is 2.91. The molecule has 0 radical (unpaired) electrons. The molecule has 0 saturated heterocycles. The molecule has 8 heteroatoms. The van der Waals surface area contributed by atoms with E-state index in [0.717, 1.165) is 4.68 Å². The van der Waals surface area contributed by atoms with Crippen molar-refractivity contribution in [3.8, 4) is 0 Å². The second-order valence-corrected chi connectivity index (χ2v) is 2.79. The molecule has 0 amide bonds. The summed E-state index contributed by atoms with van der Waals surface area (Å²) in [5.74, 6) is 10.6. The number of rotatable bonds is 1. The zero-order valence-electron chi connectivity index (χ0n) is 7.43. The van der Waals surface area contributed by atoms with Crippen molar-refractivity contribution < 1.29 is 0 Å². The molecule has 2 aromatic heterocycles. The van der Waals surface area contributed by atoms with E-state index in [-0.39, 0.29) is 5.95 Å². The minimum absolute atomic E-state index is 0.0706. The van der Waals surface area contributed by atoms with Gasteiger partial charge >= 0.3 is 0 Å². The topological polar surface area (TPSA) is 117 Å². The maximum atomic E-state index is 11.6. The molecule has 0 saturated carbocycles. The lowest BCUT2D eigenvalue weighted by Gasteiger charge is -2.03. The summed E-state index contributed by atoms with van der Waals surface area (Å²) in [6.45, 7) is 0. The molecule has 0 aliphatic heterocycles. The number of aromatic nitrogens is 4. The fourth-order valence-corrected chi connectivity index (χ4v) is 1.19. The van der Waals surface area contributed by atoms with Crippen molar-refractivity contribution >= 4 is 17.0 Å². The lowest BCUT2D eigenvalue weighted by Crippen LogP contribution is -2.32. The Morgan fingerprint density at radius 3 is 2.93 bits per heavy atom. The van der Waals surface area contributed by atoms with E-state index in [1.807, 2.05) is 0 Å². The molecule has 0 aliphatic rings. The molecule has 74 valence electrons. The standard InChI is InChI=1S/C6H9N7O/c1-12-2-3-4(11-12)9-6(10-7)13(8)5(3)14/h2H,7-8H2,1H3,(H,9,10,11). The Labute approximate surface area is 78.1 Å². The maximum absolute atomic E-state index is 11.6. The van der Waals surface area contributed by atoms with E-state index in [1.165, 1.54) is 4.68 Å². The molecular formula is C6H9N7O. The van der Waals surface area contributed by atoms with Crippen molar-refractivity contribution in [1.29, 1.82) is 0 Å². The van der Waals surface area contributed by atoms with Crippen LogP contribution in [0.5, 0.6) is 0 Å². The van der Waals surface area contributed by atoms with Crippen LogP contribution in [0.4, 0.5) is 5.95 Å². The van der Waals surface area contributed by atoms with Crippen molar-refractivity contribution in [3.63, 3.8) is 0 Å². The molecule has 0 bridgehead atoms. The molecular weight excluding hydrogens is 186 g/mol. The Morgan fingerprint density at radius 2 is 2.29 bits per heavy atom. The number of fused-ring (bicyclic) bond motifs is 1. The summed E-state index contributed by atoms with van der Waals surface area (Å²) in [6.07, 6.45) is 1.55. The number of nitrogen functional groups attached to an aromatic ring is 2. The van der Waals surface area contributed by atoms with E-state index in [9.17, 15) is 4.79 Å². The van der Waals surface area contributed by atoms with Gasteiger partial charge in [0.05, 0.1) is 0 Å². The van der Waals surface area contributed by atoms with E-state index < -0.39 is 5.56 Å². The summed E-state index contributed by atoms with van der Waals surface area (Å²) in [6, 6.07) is 0. The maximum Gasteiger partial charge on any atom is 0.284 e. The lowest BCUT2D eigenvalue weighted by atomic mass is 10.4. The Bertz CT molecular complexity index is 539. The molecule has 0 atom stereocenters. The third kappa shape index (κ3) is 1.01. The highest BCUT2D eigenvalue weighted by Gasteiger charge is 2.10. The van der Waals surface area contributed by atoms with E-state index in [4.69, 9.17) is 11.7 Å². The number of aryl methyl sites for hydroxylation is 1. The van der Waals surface area contributed by atoms with Gasteiger partial charge in [0.2, 0.25) is 5.95 Å². The number of nitrogens with two attached hydrogens (primary N) is 2. The number of nitrogens with one attached hydrogen (secondary N) is 1. The number of hydrazine groups is 1. The van der Waals surface area contributed by atoms with Crippen molar-refractivity contribution in [1.82, 2.24) is 19.4 Å². The smallest absolute Gasteiger partial charge is 0.284 e. The van der Waals surface area contributed by atoms with Gasteiger partial charge in [0.1, 0.15) is 5.39 Å². The summed E-state index contributed by atoms with van der Waals surface area (Å²) in [5.41, 5.74) is 2.13. The van der Waals surface area contributed by atoms with Crippen LogP contribution in [0.25, 0.3) is 11.0 Å². The predicted molar refractivity (Wildman–Crippen MR) is 50.7 cm³/mol. The van der Waals surface area contributed by atoms with E-state index in [1.54, 1.807) is 13.2 Å². The summed E-state index contributed by atoms with van der Waals surface area (Å²) < 4.78 is 2.32. The number of nitrogens with zero attached hydrogens (tertiary/aromatic N) is 4. The normalized spacial score (nSPS) is 10.7. The van der Waals surface area contributed by atoms with Gasteiger partial charge in [-0.15, -0.1) is 0 Å². The average molecular weight is 195 g/mol. The third-order valence-corrected chi connectivity index (χ3v) is 1.83. The Morgan fingerprint density at radius 1 is 1.57 bits per heavy atom. The molecule has 8 nitrogen and oxygen atoms in total. The van der Waals surface area contributed by atoms with E-state index in [0.29, 0.717) is 11.0 Å². The van der Waals surface area contributed by atoms with Gasteiger partial charge in [0.15, 0.2) is 5.65 Å². The van der Waals surface area contributed by atoms with Gasteiger partial charge in [-0.2, -0.15) is 14.8 Å². The van der Waals surface area contributed by atoms with Gasteiger partial charge in [-0.3, -0.25) is 14.9 Å². The fraction of sp³-hybridized carbons (Fsp3) is 0.167. The van der Waals surface area contributed by atoms with Crippen LogP contribution < -0.4 is 22.7 Å². The van der Waals surface area contributed by atoms with Gasteiger partial charge in [0.25, 0.3) is 5.56 Å². The largest absolute Gasteiger partial charge is 0.333 e. The molecule has 5 N–H and O–H groups in total. The van der Waals surface area contributed by atoms with Crippen LogP contribution in [0, 0.1) is 0 Å². The van der Waals surface area contributed by atoms with Crippen LogP contribution in [0.3, 0.4) is 0 Å². The third-order valence-electron chi connectivity index (χ3n) is 1.83. The van der Waals surface area contributed by atoms with Crippen molar-refractivity contribution in [2.75, 3.05) is 11.3 Å². The first-order valence-electron chi connectivity index (χ1n) is 3.81.